The first-order valence-corrected chi connectivity index (χ1v) is 11.8. The van der Waals surface area contributed by atoms with E-state index in [9.17, 15) is 13.6 Å². The van der Waals surface area contributed by atoms with E-state index in [-0.39, 0.29) is 24.4 Å². The zero-order valence-corrected chi connectivity index (χ0v) is 19.6. The Morgan fingerprint density at radius 3 is 2.82 bits per heavy atom. The van der Waals surface area contributed by atoms with Crippen LogP contribution in [-0.4, -0.2) is 62.7 Å². The van der Waals surface area contributed by atoms with Gasteiger partial charge in [-0.15, -0.1) is 0 Å². The number of ether oxygens (including phenoxy) is 1. The van der Waals surface area contributed by atoms with Gasteiger partial charge in [0.1, 0.15) is 18.2 Å². The predicted octanol–water partition coefficient (Wildman–Crippen LogP) is 4.27. The van der Waals surface area contributed by atoms with Gasteiger partial charge >= 0.3 is 0 Å². The van der Waals surface area contributed by atoms with E-state index in [1.54, 1.807) is 21.8 Å². The fraction of sp³-hybridized carbons (Fsp3) is 0.458. The standard InChI is InChI=1S/C24H26ClF2N5O2/c1-30(9-8-26)17-3-5-18(6-4-17)34-22-10-16(27)2-7-19(22)24(33)31-13-20-21(14-31)29-32-12-15(25)11-28-23(20)32/h2,7,10-12,17-18H,3-6,8-9,13-14H2,1H3. The summed E-state index contributed by atoms with van der Waals surface area (Å²) < 4.78 is 34.5. The number of halogens is 3. The smallest absolute Gasteiger partial charge is 0.258 e. The van der Waals surface area contributed by atoms with E-state index >= 15 is 0 Å². The molecule has 7 nitrogen and oxygen atoms in total. The summed E-state index contributed by atoms with van der Waals surface area (Å²) in [5, 5.41) is 4.99. The molecular weight excluding hydrogens is 464 g/mol. The van der Waals surface area contributed by atoms with Crippen LogP contribution in [-0.2, 0) is 13.1 Å². The van der Waals surface area contributed by atoms with Gasteiger partial charge in [-0.3, -0.25) is 4.79 Å². The second-order valence-corrected chi connectivity index (χ2v) is 9.42. The highest BCUT2D eigenvalue weighted by molar-refractivity contribution is 6.30. The first-order valence-electron chi connectivity index (χ1n) is 11.5. The Labute approximate surface area is 201 Å². The molecule has 34 heavy (non-hydrogen) atoms. The molecule has 1 aliphatic heterocycles. The van der Waals surface area contributed by atoms with Gasteiger partial charge in [0.25, 0.3) is 5.91 Å². The highest BCUT2D eigenvalue weighted by Crippen LogP contribution is 2.32. The third-order valence-electron chi connectivity index (χ3n) is 6.77. The molecule has 1 aliphatic carbocycles. The lowest BCUT2D eigenvalue weighted by molar-refractivity contribution is 0.0728. The summed E-state index contributed by atoms with van der Waals surface area (Å²) >= 11 is 6.00. The lowest BCUT2D eigenvalue weighted by Crippen LogP contribution is -2.38. The topological polar surface area (TPSA) is 63.0 Å². The molecule has 1 aromatic carbocycles. The van der Waals surface area contributed by atoms with Crippen molar-refractivity contribution in [2.45, 2.75) is 50.9 Å². The fourth-order valence-corrected chi connectivity index (χ4v) is 5.05. The second-order valence-electron chi connectivity index (χ2n) is 8.99. The first-order chi connectivity index (χ1) is 16.4. The molecule has 10 heteroatoms. The number of benzene rings is 1. The van der Waals surface area contributed by atoms with E-state index in [1.807, 2.05) is 11.9 Å². The van der Waals surface area contributed by atoms with Crippen molar-refractivity contribution in [3.8, 4) is 5.75 Å². The lowest BCUT2D eigenvalue weighted by Gasteiger charge is -2.34. The number of rotatable bonds is 6. The molecule has 0 atom stereocenters. The Kier molecular flexibility index (Phi) is 6.40. The molecule has 0 bridgehead atoms. The molecule has 0 unspecified atom stereocenters. The minimum absolute atomic E-state index is 0.114. The molecule has 5 rings (SSSR count). The van der Waals surface area contributed by atoms with E-state index in [0.29, 0.717) is 41.9 Å². The van der Waals surface area contributed by atoms with Gasteiger partial charge in [0.05, 0.1) is 41.7 Å². The van der Waals surface area contributed by atoms with Gasteiger partial charge in [-0.2, -0.15) is 5.10 Å². The van der Waals surface area contributed by atoms with E-state index in [2.05, 4.69) is 10.1 Å². The van der Waals surface area contributed by atoms with Crippen LogP contribution < -0.4 is 4.74 Å². The van der Waals surface area contributed by atoms with Crippen molar-refractivity contribution in [1.82, 2.24) is 24.4 Å². The zero-order chi connectivity index (χ0) is 23.8. The SMILES string of the molecule is CN(CCF)C1CCC(Oc2cc(F)ccc2C(=O)N2Cc3nn4cc(Cl)cnc4c3C2)CC1. The van der Waals surface area contributed by atoms with Crippen molar-refractivity contribution in [2.24, 2.45) is 0 Å². The van der Waals surface area contributed by atoms with Crippen molar-refractivity contribution < 1.29 is 18.3 Å². The van der Waals surface area contributed by atoms with Crippen molar-refractivity contribution in [1.29, 1.82) is 0 Å². The summed E-state index contributed by atoms with van der Waals surface area (Å²) in [5.74, 6) is -0.433. The molecule has 2 aromatic heterocycles. The molecule has 3 heterocycles. The number of alkyl halides is 1. The number of fused-ring (bicyclic) bond motifs is 3. The van der Waals surface area contributed by atoms with Crippen LogP contribution in [0, 0.1) is 5.82 Å². The van der Waals surface area contributed by atoms with Crippen molar-refractivity contribution >= 4 is 23.2 Å². The van der Waals surface area contributed by atoms with E-state index < -0.39 is 5.82 Å². The summed E-state index contributed by atoms with van der Waals surface area (Å²) in [5.41, 5.74) is 2.64. The second kappa shape index (κ2) is 9.46. The summed E-state index contributed by atoms with van der Waals surface area (Å²) in [7, 11) is 1.93. The average Bonchev–Trinajstić information content (AvgIpc) is 3.37. The van der Waals surface area contributed by atoms with E-state index in [0.717, 1.165) is 36.9 Å². The monoisotopic (exact) mass is 489 g/mol. The number of carbonyl (C=O) groups is 1. The van der Waals surface area contributed by atoms with Crippen LogP contribution in [0.1, 0.15) is 47.3 Å². The number of hydrogen-bond acceptors (Lipinski definition) is 5. The van der Waals surface area contributed by atoms with Gasteiger partial charge in [0, 0.05) is 30.4 Å². The number of aromatic nitrogens is 3. The van der Waals surface area contributed by atoms with E-state index in [1.165, 1.54) is 18.2 Å². The Hall–Kier alpha value is -2.78. The first kappa shape index (κ1) is 23.0. The Morgan fingerprint density at radius 2 is 2.06 bits per heavy atom. The van der Waals surface area contributed by atoms with Crippen LogP contribution in [0.15, 0.2) is 30.6 Å². The third-order valence-corrected chi connectivity index (χ3v) is 6.96. The molecule has 2 aliphatic rings. The molecule has 0 spiro atoms. The molecular formula is C24H26ClF2N5O2. The average molecular weight is 490 g/mol. The summed E-state index contributed by atoms with van der Waals surface area (Å²) in [4.78, 5) is 21.4. The molecule has 3 aromatic rings. The van der Waals surface area contributed by atoms with E-state index in [4.69, 9.17) is 16.3 Å². The van der Waals surface area contributed by atoms with Crippen molar-refractivity contribution in [3.63, 3.8) is 0 Å². The van der Waals surface area contributed by atoms with Gasteiger partial charge in [-0.1, -0.05) is 11.6 Å². The highest BCUT2D eigenvalue weighted by Gasteiger charge is 2.32. The maximum absolute atomic E-state index is 14.1. The summed E-state index contributed by atoms with van der Waals surface area (Å²) in [6, 6.07) is 4.36. The largest absolute Gasteiger partial charge is 0.489 e. The summed E-state index contributed by atoms with van der Waals surface area (Å²) in [6.45, 7) is 0.745. The lowest BCUT2D eigenvalue weighted by atomic mass is 9.92. The minimum atomic E-state index is -0.452. The molecule has 1 amide bonds. The van der Waals surface area contributed by atoms with Crippen LogP contribution in [0.5, 0.6) is 5.75 Å². The van der Waals surface area contributed by atoms with Crippen LogP contribution in [0.25, 0.3) is 5.65 Å². The normalized spacial score (nSPS) is 20.2. The van der Waals surface area contributed by atoms with Crippen molar-refractivity contribution in [3.05, 3.63) is 58.3 Å². The summed E-state index contributed by atoms with van der Waals surface area (Å²) in [6.07, 6.45) is 6.41. The third kappa shape index (κ3) is 4.46. The molecule has 0 N–H and O–H groups in total. The van der Waals surface area contributed by atoms with Crippen LogP contribution >= 0.6 is 11.6 Å². The van der Waals surface area contributed by atoms with Crippen LogP contribution in [0.3, 0.4) is 0 Å². The Morgan fingerprint density at radius 1 is 1.26 bits per heavy atom. The maximum atomic E-state index is 14.1. The number of carbonyl (C=O) groups excluding carboxylic acids is 1. The Bertz CT molecular complexity index is 1210. The van der Waals surface area contributed by atoms with Gasteiger partial charge in [0.2, 0.25) is 0 Å². The van der Waals surface area contributed by atoms with Crippen LogP contribution in [0.4, 0.5) is 8.78 Å². The number of hydrogen-bond donors (Lipinski definition) is 0. The number of nitrogens with zero attached hydrogens (tertiary/aromatic N) is 5. The molecule has 1 fully saturated rings. The van der Waals surface area contributed by atoms with Gasteiger partial charge in [-0.25, -0.2) is 18.3 Å². The predicted molar refractivity (Wildman–Crippen MR) is 123 cm³/mol. The minimum Gasteiger partial charge on any atom is -0.489 e. The van der Waals surface area contributed by atoms with Gasteiger partial charge in [-0.05, 0) is 44.9 Å². The molecule has 0 radical (unpaired) electrons. The van der Waals surface area contributed by atoms with Gasteiger partial charge < -0.3 is 14.5 Å². The quantitative estimate of drug-likeness (QED) is 0.517. The number of amides is 1. The highest BCUT2D eigenvalue weighted by atomic mass is 35.5. The van der Waals surface area contributed by atoms with Crippen molar-refractivity contribution in [2.75, 3.05) is 20.3 Å². The Balaban J connectivity index is 1.29. The van der Waals surface area contributed by atoms with Crippen LogP contribution in [0.2, 0.25) is 5.02 Å². The molecule has 180 valence electrons. The maximum Gasteiger partial charge on any atom is 0.258 e. The van der Waals surface area contributed by atoms with Gasteiger partial charge in [0.15, 0.2) is 5.65 Å². The molecule has 0 saturated heterocycles. The zero-order valence-electron chi connectivity index (χ0n) is 18.9. The molecule has 1 saturated carbocycles. The fourth-order valence-electron chi connectivity index (χ4n) is 4.91.